The Morgan fingerprint density at radius 1 is 0.891 bits per heavy atom. The molecule has 1 spiro atoms. The second-order valence-corrected chi connectivity index (χ2v) is 16.2. The van der Waals surface area contributed by atoms with Crippen LogP contribution in [0.5, 0.6) is 0 Å². The van der Waals surface area contributed by atoms with Crippen molar-refractivity contribution >= 4 is 23.9 Å². The van der Waals surface area contributed by atoms with Crippen molar-refractivity contribution in [3.63, 3.8) is 0 Å². The van der Waals surface area contributed by atoms with Crippen LogP contribution in [0, 0.1) is 11.3 Å². The average Bonchev–Trinajstić information content (AvgIpc) is 3.55. The van der Waals surface area contributed by atoms with Gasteiger partial charge in [0.2, 0.25) is 5.91 Å². The molecule has 0 aromatic heterocycles. The Labute approximate surface area is 319 Å². The lowest BCUT2D eigenvalue weighted by molar-refractivity contribution is -0.217. The van der Waals surface area contributed by atoms with Gasteiger partial charge in [0.25, 0.3) is 5.91 Å². The lowest BCUT2D eigenvalue weighted by Gasteiger charge is -2.48. The van der Waals surface area contributed by atoms with Crippen LogP contribution in [0.25, 0.3) is 6.08 Å². The van der Waals surface area contributed by atoms with E-state index in [9.17, 15) is 14.4 Å². The maximum absolute atomic E-state index is 14.8. The van der Waals surface area contributed by atoms with E-state index in [2.05, 4.69) is 47.1 Å². The number of rotatable bonds is 10. The minimum absolute atomic E-state index is 0.121. The molecular weight excluding hydrogens is 702 g/mol. The number of allylic oxidation sites excluding steroid dienone is 1. The Morgan fingerprint density at radius 2 is 1.69 bits per heavy atom. The van der Waals surface area contributed by atoms with E-state index in [-0.39, 0.29) is 44.5 Å². The topological polar surface area (TPSA) is 148 Å². The third kappa shape index (κ3) is 6.19. The van der Waals surface area contributed by atoms with E-state index in [1.807, 2.05) is 30.3 Å². The smallest absolute Gasteiger partial charge is 0.327 e. The molecule has 12 heteroatoms. The number of nitrogens with zero attached hydrogens (tertiary/aromatic N) is 1. The van der Waals surface area contributed by atoms with Crippen LogP contribution in [0.4, 0.5) is 0 Å². The van der Waals surface area contributed by atoms with Crippen molar-refractivity contribution in [2.75, 3.05) is 13.2 Å². The van der Waals surface area contributed by atoms with Crippen molar-refractivity contribution in [3.8, 4) is 0 Å². The number of fused-ring (bicyclic) bond motifs is 6. The fourth-order valence-corrected chi connectivity index (χ4v) is 9.97. The average molecular weight is 748 g/mol. The van der Waals surface area contributed by atoms with Crippen LogP contribution < -0.4 is 10.6 Å². The number of benzene rings is 3. The van der Waals surface area contributed by atoms with Crippen LogP contribution in [-0.4, -0.2) is 89.6 Å². The van der Waals surface area contributed by atoms with Crippen LogP contribution in [-0.2, 0) is 59.3 Å². The van der Waals surface area contributed by atoms with Crippen molar-refractivity contribution in [3.05, 3.63) is 112 Å². The second kappa shape index (κ2) is 13.6. The molecule has 4 aliphatic heterocycles. The molecule has 9 unspecified atom stereocenters. The number of hydrogen-bond acceptors (Lipinski definition) is 10. The van der Waals surface area contributed by atoms with Gasteiger partial charge in [-0.05, 0) is 65.1 Å². The molecular formula is C43H45N3O9. The van der Waals surface area contributed by atoms with Crippen LogP contribution in [0.3, 0.4) is 0 Å². The first-order chi connectivity index (χ1) is 26.8. The zero-order chi connectivity index (χ0) is 37.3. The van der Waals surface area contributed by atoms with Gasteiger partial charge in [0, 0.05) is 37.9 Å². The molecule has 55 heavy (non-hydrogen) atoms. The van der Waals surface area contributed by atoms with Crippen molar-refractivity contribution in [2.45, 2.75) is 100 Å². The molecule has 4 saturated heterocycles. The summed E-state index contributed by atoms with van der Waals surface area (Å²) < 4.78 is 25.5. The number of hydroxylamine groups is 2. The van der Waals surface area contributed by atoms with Crippen LogP contribution in [0.15, 0.2) is 78.9 Å². The Hall–Kier alpha value is -4.43. The van der Waals surface area contributed by atoms with Crippen LogP contribution in [0.1, 0.15) is 63.9 Å². The Bertz CT molecular complexity index is 2010. The van der Waals surface area contributed by atoms with Gasteiger partial charge in [0.15, 0.2) is 11.8 Å². The lowest BCUT2D eigenvalue weighted by Crippen LogP contribution is -2.69. The predicted molar refractivity (Wildman–Crippen MR) is 197 cm³/mol. The van der Waals surface area contributed by atoms with Gasteiger partial charge in [0.05, 0.1) is 25.4 Å². The fourth-order valence-electron chi connectivity index (χ4n) is 9.97. The van der Waals surface area contributed by atoms with Gasteiger partial charge in [-0.15, -0.1) is 0 Å². The summed E-state index contributed by atoms with van der Waals surface area (Å²) in [5.74, 6) is -1.61. The number of hydrogen-bond donors (Lipinski definition) is 3. The summed E-state index contributed by atoms with van der Waals surface area (Å²) in [6.45, 7) is 0.344. The number of ether oxygens (including phenoxy) is 4. The zero-order valence-corrected chi connectivity index (χ0v) is 30.4. The number of aliphatic hydroxyl groups is 1. The summed E-state index contributed by atoms with van der Waals surface area (Å²) >= 11 is 0. The van der Waals surface area contributed by atoms with Gasteiger partial charge in [-0.1, -0.05) is 72.8 Å². The molecule has 2 bridgehead atoms. The summed E-state index contributed by atoms with van der Waals surface area (Å²) in [5, 5.41) is 16.5. The SMILES string of the molecule is O=C(NCCO)c1cccc(CNC(=O)C23CC4OC(=O)C2N(Cc2ccc(C=CC5CCC6OC6C5)cc2)OC3C2OC3(Cc5ccccc5C3)OC42)c1. The molecule has 10 rings (SSSR count). The molecule has 2 saturated carbocycles. The second-order valence-electron chi connectivity index (χ2n) is 16.2. The van der Waals surface area contributed by atoms with E-state index in [1.165, 1.54) is 0 Å². The first-order valence-electron chi connectivity index (χ1n) is 19.6. The molecule has 286 valence electrons. The molecule has 9 atom stereocenters. The number of nitrogens with one attached hydrogen (secondary N) is 2. The highest BCUT2D eigenvalue weighted by Gasteiger charge is 2.76. The largest absolute Gasteiger partial charge is 0.458 e. The summed E-state index contributed by atoms with van der Waals surface area (Å²) in [7, 11) is 0. The first kappa shape index (κ1) is 35.0. The van der Waals surface area contributed by atoms with Crippen LogP contribution >= 0.6 is 0 Å². The van der Waals surface area contributed by atoms with Gasteiger partial charge in [-0.3, -0.25) is 19.2 Å². The predicted octanol–water partition coefficient (Wildman–Crippen LogP) is 3.38. The molecule has 3 aliphatic carbocycles. The zero-order valence-electron chi connectivity index (χ0n) is 30.4. The van der Waals surface area contributed by atoms with Crippen molar-refractivity contribution in [2.24, 2.45) is 11.3 Å². The monoisotopic (exact) mass is 747 g/mol. The molecule has 3 N–H and O–H groups in total. The molecule has 3 aromatic rings. The number of esters is 1. The van der Waals surface area contributed by atoms with Gasteiger partial charge in [-0.2, -0.15) is 5.06 Å². The van der Waals surface area contributed by atoms with Gasteiger partial charge < -0.3 is 34.7 Å². The summed E-state index contributed by atoms with van der Waals surface area (Å²) in [5.41, 5.74) is 4.10. The summed E-state index contributed by atoms with van der Waals surface area (Å²) in [6.07, 6.45) is 7.25. The standard InChI is InChI=1S/C43H45N3O9/c47-17-16-44-39(48)29-7-3-4-28(18-29)23-45-41(50)43-22-34-35-36(54-42(53-35)20-30-5-1-2-6-31(30)21-42)38(43)55-46(37(43)40(49)52-34)24-27-12-9-25(10-13-27)8-11-26-14-15-32-33(19-26)51-32/h1-13,18,26,32-38,47H,14-17,19-24H2,(H,44,48)(H,45,50). The first-order valence-corrected chi connectivity index (χ1v) is 19.6. The van der Waals surface area contributed by atoms with E-state index >= 15 is 0 Å². The molecule has 2 amide bonds. The maximum atomic E-state index is 14.8. The lowest BCUT2D eigenvalue weighted by atomic mass is 9.62. The Balaban J connectivity index is 0.918. The summed E-state index contributed by atoms with van der Waals surface area (Å²) in [4.78, 5) is 48.3. The normalized spacial score (nSPS) is 33.5. The highest BCUT2D eigenvalue weighted by molar-refractivity contribution is 5.95. The maximum Gasteiger partial charge on any atom is 0.327 e. The number of amides is 2. The highest BCUT2D eigenvalue weighted by atomic mass is 16.8. The van der Waals surface area contributed by atoms with E-state index in [4.69, 9.17) is 28.9 Å². The molecule has 12 nitrogen and oxygen atoms in total. The Morgan fingerprint density at radius 3 is 2.47 bits per heavy atom. The van der Waals surface area contributed by atoms with Crippen molar-refractivity contribution in [1.29, 1.82) is 0 Å². The number of carbonyl (C=O) groups excluding carboxylic acids is 3. The van der Waals surface area contributed by atoms with Gasteiger partial charge >= 0.3 is 5.97 Å². The molecule has 0 radical (unpaired) electrons. The Kier molecular flexibility index (Phi) is 8.69. The number of epoxide rings is 1. The minimum Gasteiger partial charge on any atom is -0.458 e. The van der Waals surface area contributed by atoms with Crippen molar-refractivity contribution < 1.29 is 43.3 Å². The third-order valence-corrected chi connectivity index (χ3v) is 12.7. The highest BCUT2D eigenvalue weighted by Crippen LogP contribution is 2.58. The third-order valence-electron chi connectivity index (χ3n) is 12.7. The van der Waals surface area contributed by atoms with Crippen LogP contribution in [0.2, 0.25) is 0 Å². The molecule has 3 aromatic carbocycles. The molecule has 6 fully saturated rings. The number of carbonyl (C=O) groups is 3. The van der Waals surface area contributed by atoms with Gasteiger partial charge in [-0.25, -0.2) is 0 Å². The van der Waals surface area contributed by atoms with E-state index in [1.54, 1.807) is 23.3 Å². The molecule has 7 aliphatic rings. The fraction of sp³-hybridized carbons (Fsp3) is 0.465. The quantitative estimate of drug-likeness (QED) is 0.208. The molecule has 4 heterocycles. The van der Waals surface area contributed by atoms with Crippen molar-refractivity contribution in [1.82, 2.24) is 15.7 Å². The van der Waals surface area contributed by atoms with E-state index in [0.29, 0.717) is 42.1 Å². The van der Waals surface area contributed by atoms with Gasteiger partial charge in [0.1, 0.15) is 29.8 Å². The van der Waals surface area contributed by atoms with E-state index < -0.39 is 47.6 Å². The van der Waals surface area contributed by atoms with E-state index in [0.717, 1.165) is 41.5 Å². The number of aliphatic hydroxyl groups excluding tert-OH is 1. The minimum atomic E-state index is -1.33. The summed E-state index contributed by atoms with van der Waals surface area (Å²) in [6, 6.07) is 22.3.